The van der Waals surface area contributed by atoms with Gasteiger partial charge in [-0.15, -0.1) is 0 Å². The lowest BCUT2D eigenvalue weighted by atomic mass is 10.1. The highest BCUT2D eigenvalue weighted by atomic mass is 16.1. The van der Waals surface area contributed by atoms with Gasteiger partial charge in [0, 0.05) is 5.56 Å². The molecule has 1 amide bonds. The summed E-state index contributed by atoms with van der Waals surface area (Å²) < 4.78 is 0. The van der Waals surface area contributed by atoms with Gasteiger partial charge in [-0.2, -0.15) is 10.2 Å². The van der Waals surface area contributed by atoms with Gasteiger partial charge in [0.25, 0.3) is 5.91 Å². The van der Waals surface area contributed by atoms with E-state index in [2.05, 4.69) is 21.6 Å². The number of nitrogens with zero attached hydrogens (tertiary/aromatic N) is 2. The first kappa shape index (κ1) is 10.9. The van der Waals surface area contributed by atoms with Gasteiger partial charge in [0.05, 0.1) is 18.1 Å². The molecule has 0 atom stereocenters. The van der Waals surface area contributed by atoms with Crippen LogP contribution in [0.25, 0.3) is 0 Å². The van der Waals surface area contributed by atoms with E-state index in [-0.39, 0.29) is 5.91 Å². The molecule has 1 aliphatic carbocycles. The van der Waals surface area contributed by atoms with Crippen LogP contribution >= 0.6 is 0 Å². The quantitative estimate of drug-likeness (QED) is 0.895. The van der Waals surface area contributed by atoms with Gasteiger partial charge in [-0.3, -0.25) is 4.79 Å². The Labute approximate surface area is 105 Å². The molecule has 0 saturated heterocycles. The Morgan fingerprint density at radius 2 is 2.11 bits per heavy atom. The van der Waals surface area contributed by atoms with E-state index in [1.165, 1.54) is 24.6 Å². The van der Waals surface area contributed by atoms with Crippen molar-refractivity contribution < 1.29 is 4.79 Å². The minimum Gasteiger partial charge on any atom is -0.320 e. The van der Waals surface area contributed by atoms with Crippen LogP contribution in [0.3, 0.4) is 0 Å². The molecule has 1 aromatic carbocycles. The van der Waals surface area contributed by atoms with E-state index in [0.717, 1.165) is 0 Å². The first-order chi connectivity index (χ1) is 8.83. The summed E-state index contributed by atoms with van der Waals surface area (Å²) in [5.41, 5.74) is 2.61. The van der Waals surface area contributed by atoms with Crippen LogP contribution < -0.4 is 5.32 Å². The second-order valence-electron chi connectivity index (χ2n) is 4.48. The average Bonchev–Trinajstić information content (AvgIpc) is 3.24. The lowest BCUT2D eigenvalue weighted by Gasteiger charge is -2.05. The molecule has 0 radical (unpaired) electrons. The van der Waals surface area contributed by atoms with E-state index in [4.69, 9.17) is 0 Å². The molecule has 2 aromatic rings. The zero-order chi connectivity index (χ0) is 12.4. The molecule has 18 heavy (non-hydrogen) atoms. The van der Waals surface area contributed by atoms with E-state index in [9.17, 15) is 4.79 Å². The number of amides is 1. The molecule has 1 aliphatic rings. The molecule has 4 nitrogen and oxygen atoms in total. The van der Waals surface area contributed by atoms with Crippen LogP contribution in [-0.2, 0) is 0 Å². The SMILES string of the molecule is O=C(Nc1ccnnc1)c1cccc(C2CC2)c1. The van der Waals surface area contributed by atoms with Crippen molar-refractivity contribution in [1.82, 2.24) is 10.2 Å². The number of rotatable bonds is 3. The zero-order valence-electron chi connectivity index (χ0n) is 9.84. The van der Waals surface area contributed by atoms with E-state index in [1.807, 2.05) is 18.2 Å². The zero-order valence-corrected chi connectivity index (χ0v) is 9.84. The standard InChI is InChI=1S/C14H13N3O/c18-14(17-13-6-7-15-16-9-13)12-3-1-2-11(8-12)10-4-5-10/h1-3,6-10H,4-5H2,(H,15,17,18). The van der Waals surface area contributed by atoms with Gasteiger partial charge in [-0.1, -0.05) is 12.1 Å². The van der Waals surface area contributed by atoms with E-state index >= 15 is 0 Å². The fourth-order valence-electron chi connectivity index (χ4n) is 1.92. The lowest BCUT2D eigenvalue weighted by molar-refractivity contribution is 0.102. The van der Waals surface area contributed by atoms with Gasteiger partial charge >= 0.3 is 0 Å². The predicted octanol–water partition coefficient (Wildman–Crippen LogP) is 2.61. The highest BCUT2D eigenvalue weighted by Crippen LogP contribution is 2.40. The predicted molar refractivity (Wildman–Crippen MR) is 68.4 cm³/mol. The summed E-state index contributed by atoms with van der Waals surface area (Å²) >= 11 is 0. The summed E-state index contributed by atoms with van der Waals surface area (Å²) in [6.07, 6.45) is 5.55. The summed E-state index contributed by atoms with van der Waals surface area (Å²) in [4.78, 5) is 12.1. The molecule has 90 valence electrons. The van der Waals surface area contributed by atoms with Gasteiger partial charge in [0.15, 0.2) is 0 Å². The number of benzene rings is 1. The molecule has 3 rings (SSSR count). The Bertz CT molecular complexity index is 564. The maximum absolute atomic E-state index is 12.1. The maximum atomic E-state index is 12.1. The Morgan fingerprint density at radius 1 is 1.22 bits per heavy atom. The Hall–Kier alpha value is -2.23. The van der Waals surface area contributed by atoms with Crippen molar-refractivity contribution >= 4 is 11.6 Å². The van der Waals surface area contributed by atoms with Crippen molar-refractivity contribution in [3.63, 3.8) is 0 Å². The molecule has 0 bridgehead atoms. The van der Waals surface area contributed by atoms with Crippen LogP contribution in [-0.4, -0.2) is 16.1 Å². The molecule has 0 spiro atoms. The van der Waals surface area contributed by atoms with Crippen molar-refractivity contribution in [2.45, 2.75) is 18.8 Å². The monoisotopic (exact) mass is 239 g/mol. The molecule has 1 N–H and O–H groups in total. The van der Waals surface area contributed by atoms with Crippen molar-refractivity contribution in [2.75, 3.05) is 5.32 Å². The number of aromatic nitrogens is 2. The highest BCUT2D eigenvalue weighted by molar-refractivity contribution is 6.04. The lowest BCUT2D eigenvalue weighted by Crippen LogP contribution is -2.12. The fourth-order valence-corrected chi connectivity index (χ4v) is 1.92. The third kappa shape index (κ3) is 2.37. The summed E-state index contributed by atoms with van der Waals surface area (Å²) in [5, 5.41) is 10.2. The first-order valence-corrected chi connectivity index (χ1v) is 6.01. The number of anilines is 1. The maximum Gasteiger partial charge on any atom is 0.255 e. The van der Waals surface area contributed by atoms with Crippen molar-refractivity contribution in [3.8, 4) is 0 Å². The summed E-state index contributed by atoms with van der Waals surface area (Å²) in [6.45, 7) is 0. The number of hydrogen-bond acceptors (Lipinski definition) is 3. The minimum atomic E-state index is -0.106. The third-order valence-electron chi connectivity index (χ3n) is 3.04. The number of carbonyl (C=O) groups is 1. The van der Waals surface area contributed by atoms with Crippen molar-refractivity contribution in [3.05, 3.63) is 53.9 Å². The minimum absolute atomic E-state index is 0.106. The number of hydrogen-bond donors (Lipinski definition) is 1. The second-order valence-corrected chi connectivity index (χ2v) is 4.48. The fraction of sp³-hybridized carbons (Fsp3) is 0.214. The molecule has 1 aromatic heterocycles. The van der Waals surface area contributed by atoms with Crippen LogP contribution in [0.1, 0.15) is 34.7 Å². The van der Waals surface area contributed by atoms with Gasteiger partial charge in [-0.25, -0.2) is 0 Å². The van der Waals surface area contributed by atoms with Crippen LogP contribution in [0.15, 0.2) is 42.7 Å². The Kier molecular flexibility index (Phi) is 2.76. The summed E-state index contributed by atoms with van der Waals surface area (Å²) in [6, 6.07) is 9.54. The molecule has 1 fully saturated rings. The smallest absolute Gasteiger partial charge is 0.255 e. The Morgan fingerprint density at radius 3 is 2.83 bits per heavy atom. The van der Waals surface area contributed by atoms with Gasteiger partial charge in [0.2, 0.25) is 0 Å². The van der Waals surface area contributed by atoms with Crippen molar-refractivity contribution in [2.24, 2.45) is 0 Å². The second kappa shape index (κ2) is 4.56. The Balaban J connectivity index is 1.77. The first-order valence-electron chi connectivity index (χ1n) is 6.01. The summed E-state index contributed by atoms with van der Waals surface area (Å²) in [7, 11) is 0. The molecular formula is C14H13N3O. The average molecular weight is 239 g/mol. The highest BCUT2D eigenvalue weighted by Gasteiger charge is 2.23. The topological polar surface area (TPSA) is 54.9 Å². The molecule has 0 unspecified atom stereocenters. The number of nitrogens with one attached hydrogen (secondary N) is 1. The normalized spacial score (nSPS) is 14.2. The van der Waals surface area contributed by atoms with Crippen LogP contribution in [0.5, 0.6) is 0 Å². The summed E-state index contributed by atoms with van der Waals surface area (Å²) in [5.74, 6) is 0.547. The molecule has 1 saturated carbocycles. The number of carbonyl (C=O) groups excluding carboxylic acids is 1. The van der Waals surface area contributed by atoms with Gasteiger partial charge in [-0.05, 0) is 42.5 Å². The molecule has 4 heteroatoms. The third-order valence-corrected chi connectivity index (χ3v) is 3.04. The van der Waals surface area contributed by atoms with Gasteiger partial charge in [0.1, 0.15) is 0 Å². The van der Waals surface area contributed by atoms with E-state index < -0.39 is 0 Å². The largest absolute Gasteiger partial charge is 0.320 e. The van der Waals surface area contributed by atoms with Gasteiger partial charge < -0.3 is 5.32 Å². The van der Waals surface area contributed by atoms with Crippen molar-refractivity contribution in [1.29, 1.82) is 0 Å². The van der Waals surface area contributed by atoms with E-state index in [1.54, 1.807) is 12.3 Å². The molecule has 0 aliphatic heterocycles. The molecular weight excluding hydrogens is 226 g/mol. The van der Waals surface area contributed by atoms with Crippen LogP contribution in [0, 0.1) is 0 Å². The van der Waals surface area contributed by atoms with Crippen LogP contribution in [0.4, 0.5) is 5.69 Å². The van der Waals surface area contributed by atoms with E-state index in [0.29, 0.717) is 17.2 Å². The van der Waals surface area contributed by atoms with Crippen LogP contribution in [0.2, 0.25) is 0 Å². The molecule has 1 heterocycles.